The number of hydrogen-bond donors (Lipinski definition) is 1. The number of benzene rings is 1. The molecule has 3 aromatic rings. The molecule has 0 aliphatic heterocycles. The molecule has 6 heteroatoms. The van der Waals surface area contributed by atoms with Crippen LogP contribution in [0.25, 0.3) is 5.65 Å². The van der Waals surface area contributed by atoms with E-state index in [2.05, 4.69) is 10.3 Å². The Kier molecular flexibility index (Phi) is 4.29. The first-order valence-corrected chi connectivity index (χ1v) is 7.51. The number of para-hydroxylation sites is 2. The zero-order valence-corrected chi connectivity index (χ0v) is 13.4. The van der Waals surface area contributed by atoms with Crippen molar-refractivity contribution in [1.82, 2.24) is 9.38 Å². The predicted octanol–water partition coefficient (Wildman–Crippen LogP) is 2.54. The van der Waals surface area contributed by atoms with Crippen molar-refractivity contribution in [2.75, 3.05) is 5.32 Å². The summed E-state index contributed by atoms with van der Waals surface area (Å²) in [5.74, 6) is 0.349. The Labute approximate surface area is 138 Å². The Hall–Kier alpha value is -3.15. The molecule has 24 heavy (non-hydrogen) atoms. The molecular formula is C18H17N3O3. The standard InChI is InChI=1S/C18H17N3O3/c1-12-7-8-17-20-14(9-18(23)21(17)10-12)11-24-16-6-4-3-5-15(16)19-13(2)22/h3-10H,11H2,1-2H3,(H,19,22). The summed E-state index contributed by atoms with van der Waals surface area (Å²) in [7, 11) is 0. The summed E-state index contributed by atoms with van der Waals surface area (Å²) < 4.78 is 7.23. The first-order valence-electron chi connectivity index (χ1n) is 7.51. The molecule has 2 heterocycles. The van der Waals surface area contributed by atoms with E-state index in [1.54, 1.807) is 30.5 Å². The third-order valence-corrected chi connectivity index (χ3v) is 3.43. The molecule has 0 saturated carbocycles. The van der Waals surface area contributed by atoms with Gasteiger partial charge in [0.25, 0.3) is 5.56 Å². The Balaban J connectivity index is 1.85. The maximum Gasteiger partial charge on any atom is 0.258 e. The van der Waals surface area contributed by atoms with Gasteiger partial charge in [0.05, 0.1) is 11.4 Å². The van der Waals surface area contributed by atoms with Gasteiger partial charge >= 0.3 is 0 Å². The largest absolute Gasteiger partial charge is 0.485 e. The van der Waals surface area contributed by atoms with E-state index in [4.69, 9.17) is 4.74 Å². The number of ether oxygens (including phenoxy) is 1. The molecule has 0 aliphatic rings. The van der Waals surface area contributed by atoms with Crippen molar-refractivity contribution in [2.24, 2.45) is 0 Å². The maximum absolute atomic E-state index is 12.2. The van der Waals surface area contributed by atoms with Crippen LogP contribution in [-0.4, -0.2) is 15.3 Å². The molecule has 0 bridgehead atoms. The van der Waals surface area contributed by atoms with Gasteiger partial charge in [-0.25, -0.2) is 4.98 Å². The Morgan fingerprint density at radius 2 is 2.04 bits per heavy atom. The fourth-order valence-corrected chi connectivity index (χ4v) is 2.37. The average Bonchev–Trinajstić information content (AvgIpc) is 2.54. The monoisotopic (exact) mass is 323 g/mol. The number of anilines is 1. The van der Waals surface area contributed by atoms with Crippen LogP contribution in [-0.2, 0) is 11.4 Å². The minimum Gasteiger partial charge on any atom is -0.485 e. The summed E-state index contributed by atoms with van der Waals surface area (Å²) in [6.45, 7) is 3.49. The molecule has 0 unspecified atom stereocenters. The van der Waals surface area contributed by atoms with Crippen LogP contribution in [0.5, 0.6) is 5.75 Å². The van der Waals surface area contributed by atoms with Crippen LogP contribution >= 0.6 is 0 Å². The summed E-state index contributed by atoms with van der Waals surface area (Å²) in [6.07, 6.45) is 1.75. The highest BCUT2D eigenvalue weighted by atomic mass is 16.5. The fourth-order valence-electron chi connectivity index (χ4n) is 2.37. The summed E-state index contributed by atoms with van der Waals surface area (Å²) in [5, 5.41) is 2.71. The van der Waals surface area contributed by atoms with E-state index in [1.807, 2.05) is 19.1 Å². The molecule has 0 aliphatic carbocycles. The molecule has 0 atom stereocenters. The summed E-state index contributed by atoms with van der Waals surface area (Å²) >= 11 is 0. The van der Waals surface area contributed by atoms with E-state index in [1.165, 1.54) is 17.4 Å². The fraction of sp³-hybridized carbons (Fsp3) is 0.167. The van der Waals surface area contributed by atoms with Crippen LogP contribution in [0.4, 0.5) is 5.69 Å². The van der Waals surface area contributed by atoms with E-state index < -0.39 is 0 Å². The van der Waals surface area contributed by atoms with E-state index in [0.717, 1.165) is 5.56 Å². The van der Waals surface area contributed by atoms with Gasteiger partial charge in [-0.15, -0.1) is 0 Å². The number of nitrogens with one attached hydrogen (secondary N) is 1. The summed E-state index contributed by atoms with van der Waals surface area (Å²) in [4.78, 5) is 27.9. The topological polar surface area (TPSA) is 72.7 Å². The van der Waals surface area contributed by atoms with Crippen molar-refractivity contribution in [3.05, 3.63) is 70.3 Å². The minimum absolute atomic E-state index is 0.135. The van der Waals surface area contributed by atoms with Crippen LogP contribution in [0.2, 0.25) is 0 Å². The van der Waals surface area contributed by atoms with Gasteiger partial charge in [-0.2, -0.15) is 0 Å². The molecule has 0 fully saturated rings. The number of nitrogens with zero attached hydrogens (tertiary/aromatic N) is 2. The van der Waals surface area contributed by atoms with Gasteiger partial charge in [0, 0.05) is 19.2 Å². The molecule has 1 aromatic carbocycles. The van der Waals surface area contributed by atoms with E-state index in [-0.39, 0.29) is 18.1 Å². The van der Waals surface area contributed by atoms with Gasteiger partial charge in [0.15, 0.2) is 0 Å². The SMILES string of the molecule is CC(=O)Nc1ccccc1OCc1cc(=O)n2cc(C)ccc2n1. The predicted molar refractivity (Wildman–Crippen MR) is 91.3 cm³/mol. The van der Waals surface area contributed by atoms with Crippen LogP contribution in [0, 0.1) is 6.92 Å². The third kappa shape index (κ3) is 3.43. The molecular weight excluding hydrogens is 306 g/mol. The highest BCUT2D eigenvalue weighted by molar-refractivity contribution is 5.90. The molecule has 0 radical (unpaired) electrons. The van der Waals surface area contributed by atoms with Gasteiger partial charge < -0.3 is 10.1 Å². The quantitative estimate of drug-likeness (QED) is 0.801. The van der Waals surface area contributed by atoms with E-state index >= 15 is 0 Å². The lowest BCUT2D eigenvalue weighted by atomic mass is 10.3. The number of carbonyl (C=O) groups excluding carboxylic acids is 1. The van der Waals surface area contributed by atoms with Crippen molar-refractivity contribution >= 4 is 17.2 Å². The summed E-state index contributed by atoms with van der Waals surface area (Å²) in [5.41, 5.74) is 2.51. The molecule has 2 aromatic heterocycles. The van der Waals surface area contributed by atoms with Crippen molar-refractivity contribution in [1.29, 1.82) is 0 Å². The number of aryl methyl sites for hydroxylation is 1. The minimum atomic E-state index is -0.177. The molecule has 122 valence electrons. The van der Waals surface area contributed by atoms with E-state index in [9.17, 15) is 9.59 Å². The zero-order chi connectivity index (χ0) is 17.1. The van der Waals surface area contributed by atoms with Crippen molar-refractivity contribution in [3.63, 3.8) is 0 Å². The normalized spacial score (nSPS) is 10.6. The lowest BCUT2D eigenvalue weighted by molar-refractivity contribution is -0.114. The number of aromatic nitrogens is 2. The third-order valence-electron chi connectivity index (χ3n) is 3.43. The number of rotatable bonds is 4. The zero-order valence-electron chi connectivity index (χ0n) is 13.4. The van der Waals surface area contributed by atoms with Gasteiger partial charge in [-0.3, -0.25) is 14.0 Å². The first-order chi connectivity index (χ1) is 11.5. The van der Waals surface area contributed by atoms with Crippen molar-refractivity contribution < 1.29 is 9.53 Å². The van der Waals surface area contributed by atoms with Crippen molar-refractivity contribution in [2.45, 2.75) is 20.5 Å². The molecule has 0 spiro atoms. The number of hydrogen-bond acceptors (Lipinski definition) is 4. The number of pyridine rings is 1. The van der Waals surface area contributed by atoms with Crippen molar-refractivity contribution in [3.8, 4) is 5.75 Å². The molecule has 3 rings (SSSR count). The second-order valence-corrected chi connectivity index (χ2v) is 5.49. The van der Waals surface area contributed by atoms with Gasteiger partial charge in [-0.1, -0.05) is 18.2 Å². The van der Waals surface area contributed by atoms with Crippen LogP contribution in [0.3, 0.4) is 0 Å². The highest BCUT2D eigenvalue weighted by Gasteiger charge is 2.07. The Morgan fingerprint density at radius 1 is 1.25 bits per heavy atom. The second kappa shape index (κ2) is 6.54. The van der Waals surface area contributed by atoms with Gasteiger partial charge in [0.1, 0.15) is 18.0 Å². The Bertz CT molecular complexity index is 963. The van der Waals surface area contributed by atoms with Gasteiger partial charge in [-0.05, 0) is 30.7 Å². The smallest absolute Gasteiger partial charge is 0.258 e. The summed E-state index contributed by atoms with van der Waals surface area (Å²) in [6, 6.07) is 12.3. The van der Waals surface area contributed by atoms with Crippen LogP contribution in [0.1, 0.15) is 18.2 Å². The molecule has 6 nitrogen and oxygen atoms in total. The molecule has 1 amide bonds. The lowest BCUT2D eigenvalue weighted by Crippen LogP contribution is -2.16. The first kappa shape index (κ1) is 15.7. The maximum atomic E-state index is 12.2. The average molecular weight is 323 g/mol. The Morgan fingerprint density at radius 3 is 2.83 bits per heavy atom. The highest BCUT2D eigenvalue weighted by Crippen LogP contribution is 2.24. The van der Waals surface area contributed by atoms with Crippen LogP contribution in [0.15, 0.2) is 53.5 Å². The number of carbonyl (C=O) groups is 1. The van der Waals surface area contributed by atoms with E-state index in [0.29, 0.717) is 22.8 Å². The van der Waals surface area contributed by atoms with Gasteiger partial charge in [0.2, 0.25) is 5.91 Å². The molecule has 0 saturated heterocycles. The lowest BCUT2D eigenvalue weighted by Gasteiger charge is -2.11. The second-order valence-electron chi connectivity index (χ2n) is 5.49. The molecule has 1 N–H and O–H groups in total. The van der Waals surface area contributed by atoms with Crippen LogP contribution < -0.4 is 15.6 Å². The number of amides is 1. The number of fused-ring (bicyclic) bond motifs is 1.